The van der Waals surface area contributed by atoms with Crippen molar-refractivity contribution in [3.05, 3.63) is 35.5 Å². The van der Waals surface area contributed by atoms with Gasteiger partial charge in [0.1, 0.15) is 17.7 Å². The summed E-state index contributed by atoms with van der Waals surface area (Å²) in [7, 11) is -3.23. The Bertz CT molecular complexity index is 660. The van der Waals surface area contributed by atoms with E-state index in [4.69, 9.17) is 10.5 Å². The number of nitrogens with one attached hydrogen (secondary N) is 1. The molecule has 0 spiro atoms. The van der Waals surface area contributed by atoms with Crippen LogP contribution in [0.4, 0.5) is 5.69 Å². The van der Waals surface area contributed by atoms with Gasteiger partial charge in [0, 0.05) is 18.1 Å². The fourth-order valence-corrected chi connectivity index (χ4v) is 1.97. The molecule has 0 aliphatic carbocycles. The largest absolute Gasteiger partial charge is 0.360 e. The highest BCUT2D eigenvalue weighted by molar-refractivity contribution is 7.90. The van der Waals surface area contributed by atoms with Gasteiger partial charge in [-0.05, 0) is 30.7 Å². The van der Waals surface area contributed by atoms with Gasteiger partial charge in [-0.15, -0.1) is 0 Å². The van der Waals surface area contributed by atoms with E-state index in [0.29, 0.717) is 11.3 Å². The summed E-state index contributed by atoms with van der Waals surface area (Å²) in [5.74, 6) is 0. The van der Waals surface area contributed by atoms with E-state index in [1.165, 1.54) is 18.3 Å². The second kappa shape index (κ2) is 5.35. The minimum absolute atomic E-state index is 0.0541. The molecule has 1 aromatic carbocycles. The van der Waals surface area contributed by atoms with Crippen LogP contribution in [0, 0.1) is 29.6 Å². The first kappa shape index (κ1) is 13.8. The lowest BCUT2D eigenvalue weighted by molar-refractivity contribution is 0.602. The highest BCUT2D eigenvalue weighted by Crippen LogP contribution is 2.19. The number of sulfone groups is 1. The summed E-state index contributed by atoms with van der Waals surface area (Å²) in [6, 6.07) is 8.03. The number of nitriles is 2. The minimum atomic E-state index is -3.23. The Morgan fingerprint density at radius 2 is 1.94 bits per heavy atom. The van der Waals surface area contributed by atoms with Crippen LogP contribution >= 0.6 is 0 Å². The molecule has 0 heterocycles. The maximum Gasteiger partial charge on any atom is 0.175 e. The summed E-state index contributed by atoms with van der Waals surface area (Å²) in [5, 5.41) is 19.9. The standard InChI is InChI=1S/C12H11N3O2S/c1-9-5-11(18(2,16)17)3-4-12(9)15-8-10(6-13)7-14/h3-5,8,15H,1-2H3. The molecule has 1 N–H and O–H groups in total. The number of anilines is 1. The van der Waals surface area contributed by atoms with Gasteiger partial charge in [-0.1, -0.05) is 0 Å². The lowest BCUT2D eigenvalue weighted by Crippen LogP contribution is -1.99. The fraction of sp³-hybridized carbons (Fsp3) is 0.167. The van der Waals surface area contributed by atoms with Crippen LogP contribution in [-0.4, -0.2) is 14.7 Å². The summed E-state index contributed by atoms with van der Waals surface area (Å²) in [6.07, 6.45) is 2.42. The summed E-state index contributed by atoms with van der Waals surface area (Å²) in [6.45, 7) is 1.74. The maximum atomic E-state index is 11.3. The molecule has 0 aromatic heterocycles. The summed E-state index contributed by atoms with van der Waals surface area (Å²) in [5.41, 5.74) is 1.30. The molecule has 18 heavy (non-hydrogen) atoms. The molecule has 0 aliphatic heterocycles. The average Bonchev–Trinajstić information content (AvgIpc) is 2.30. The summed E-state index contributed by atoms with van der Waals surface area (Å²) >= 11 is 0. The normalized spacial score (nSPS) is 10.0. The second-order valence-electron chi connectivity index (χ2n) is 3.67. The molecule has 92 valence electrons. The molecule has 1 rings (SSSR count). The van der Waals surface area contributed by atoms with Crippen molar-refractivity contribution in [3.8, 4) is 12.1 Å². The number of aryl methyl sites for hydroxylation is 1. The smallest absolute Gasteiger partial charge is 0.175 e. The monoisotopic (exact) mass is 261 g/mol. The molecule has 0 fully saturated rings. The Hall–Kier alpha value is -2.31. The van der Waals surface area contributed by atoms with Crippen LogP contribution in [0.1, 0.15) is 5.56 Å². The van der Waals surface area contributed by atoms with Crippen molar-refractivity contribution in [2.24, 2.45) is 0 Å². The second-order valence-corrected chi connectivity index (χ2v) is 5.69. The topological polar surface area (TPSA) is 93.8 Å². The highest BCUT2D eigenvalue weighted by Gasteiger charge is 2.08. The van der Waals surface area contributed by atoms with Crippen LogP contribution in [0.25, 0.3) is 0 Å². The molecule has 0 unspecified atom stereocenters. The van der Waals surface area contributed by atoms with Crippen molar-refractivity contribution < 1.29 is 8.42 Å². The number of hydrogen-bond acceptors (Lipinski definition) is 5. The molecule has 1 aromatic rings. The molecule has 0 bridgehead atoms. The van der Waals surface area contributed by atoms with Gasteiger partial charge in [0.2, 0.25) is 0 Å². The van der Waals surface area contributed by atoms with Gasteiger partial charge in [-0.2, -0.15) is 10.5 Å². The first-order chi connectivity index (χ1) is 8.38. The van der Waals surface area contributed by atoms with Crippen molar-refractivity contribution >= 4 is 15.5 Å². The van der Waals surface area contributed by atoms with E-state index in [1.54, 1.807) is 25.1 Å². The Balaban J connectivity index is 3.06. The first-order valence-corrected chi connectivity index (χ1v) is 6.85. The van der Waals surface area contributed by atoms with Crippen molar-refractivity contribution in [1.82, 2.24) is 0 Å². The van der Waals surface area contributed by atoms with Crippen LogP contribution < -0.4 is 5.32 Å². The molecular formula is C12H11N3O2S. The maximum absolute atomic E-state index is 11.3. The zero-order valence-electron chi connectivity index (χ0n) is 9.93. The molecule has 0 saturated carbocycles. The van der Waals surface area contributed by atoms with Gasteiger partial charge in [0.05, 0.1) is 4.90 Å². The van der Waals surface area contributed by atoms with Gasteiger partial charge >= 0.3 is 0 Å². The molecule has 0 atom stereocenters. The van der Waals surface area contributed by atoms with Gasteiger partial charge in [0.25, 0.3) is 0 Å². The minimum Gasteiger partial charge on any atom is -0.360 e. The first-order valence-electron chi connectivity index (χ1n) is 4.96. The van der Waals surface area contributed by atoms with Crippen LogP contribution in [0.5, 0.6) is 0 Å². The van der Waals surface area contributed by atoms with Crippen molar-refractivity contribution in [2.45, 2.75) is 11.8 Å². The lowest BCUT2D eigenvalue weighted by Gasteiger charge is -2.07. The van der Waals surface area contributed by atoms with Crippen LogP contribution in [0.2, 0.25) is 0 Å². The average molecular weight is 261 g/mol. The van der Waals surface area contributed by atoms with Gasteiger partial charge < -0.3 is 5.32 Å². The third-order valence-corrected chi connectivity index (χ3v) is 3.35. The molecular weight excluding hydrogens is 250 g/mol. The van der Waals surface area contributed by atoms with Crippen molar-refractivity contribution in [1.29, 1.82) is 10.5 Å². The SMILES string of the molecule is Cc1cc(S(C)(=O)=O)ccc1NC=C(C#N)C#N. The Labute approximate surface area is 106 Å². The van der Waals surface area contributed by atoms with E-state index in [1.807, 2.05) is 0 Å². The number of hydrogen-bond donors (Lipinski definition) is 1. The predicted octanol–water partition coefficient (Wildman–Crippen LogP) is 1.74. The zero-order chi connectivity index (χ0) is 13.8. The molecule has 0 saturated heterocycles. The predicted molar refractivity (Wildman–Crippen MR) is 67.2 cm³/mol. The number of benzene rings is 1. The number of allylic oxidation sites excluding steroid dienone is 1. The van der Waals surface area contributed by atoms with Gasteiger partial charge in [-0.3, -0.25) is 0 Å². The molecule has 0 amide bonds. The van der Waals surface area contributed by atoms with Crippen LogP contribution in [-0.2, 0) is 9.84 Å². The molecule has 0 radical (unpaired) electrons. The lowest BCUT2D eigenvalue weighted by atomic mass is 10.2. The Morgan fingerprint density at radius 3 is 2.39 bits per heavy atom. The highest BCUT2D eigenvalue weighted by atomic mass is 32.2. The third kappa shape index (κ3) is 3.34. The van der Waals surface area contributed by atoms with Crippen molar-refractivity contribution in [3.63, 3.8) is 0 Å². The summed E-state index contributed by atoms with van der Waals surface area (Å²) in [4.78, 5) is 0.232. The Morgan fingerprint density at radius 1 is 1.33 bits per heavy atom. The molecule has 5 nitrogen and oxygen atoms in total. The van der Waals surface area contributed by atoms with Crippen molar-refractivity contribution in [2.75, 3.05) is 11.6 Å². The van der Waals surface area contributed by atoms with E-state index >= 15 is 0 Å². The summed E-state index contributed by atoms with van der Waals surface area (Å²) < 4.78 is 22.7. The fourth-order valence-electron chi connectivity index (χ4n) is 1.27. The van der Waals surface area contributed by atoms with E-state index < -0.39 is 9.84 Å². The van der Waals surface area contributed by atoms with Gasteiger partial charge in [-0.25, -0.2) is 8.42 Å². The number of nitrogens with zero attached hydrogens (tertiary/aromatic N) is 2. The van der Waals surface area contributed by atoms with E-state index in [2.05, 4.69) is 5.32 Å². The van der Waals surface area contributed by atoms with Crippen LogP contribution in [0.3, 0.4) is 0 Å². The number of rotatable bonds is 3. The molecule has 6 heteroatoms. The van der Waals surface area contributed by atoms with E-state index in [-0.39, 0.29) is 10.5 Å². The third-order valence-electron chi connectivity index (χ3n) is 2.24. The zero-order valence-corrected chi connectivity index (χ0v) is 10.7. The van der Waals surface area contributed by atoms with Crippen LogP contribution in [0.15, 0.2) is 34.9 Å². The van der Waals surface area contributed by atoms with Gasteiger partial charge in [0.15, 0.2) is 9.84 Å². The Kier molecular flexibility index (Phi) is 4.09. The molecule has 0 aliphatic rings. The van der Waals surface area contributed by atoms with E-state index in [9.17, 15) is 8.42 Å². The quantitative estimate of drug-likeness (QED) is 0.836. The van der Waals surface area contributed by atoms with E-state index in [0.717, 1.165) is 6.26 Å².